The molecule has 6 aromatic heterocycles. The Morgan fingerprint density at radius 2 is 0.927 bits per heavy atom. The Morgan fingerprint density at radius 3 is 1.39 bits per heavy atom. The molecule has 15 N–H and O–H groups in total. The number of aryl methyl sites for hydroxylation is 2. The third-order valence-corrected chi connectivity index (χ3v) is 26.3. The molecule has 1 amide bonds. The fourth-order valence-electron chi connectivity index (χ4n) is 13.2. The van der Waals surface area contributed by atoms with Crippen LogP contribution in [-0.4, -0.2) is 189 Å². The van der Waals surface area contributed by atoms with E-state index in [9.17, 15) is 62.8 Å². The summed E-state index contributed by atoms with van der Waals surface area (Å²) < 4.78 is 95.4. The van der Waals surface area contributed by atoms with Crippen molar-refractivity contribution in [3.8, 4) is 0 Å². The van der Waals surface area contributed by atoms with Crippen molar-refractivity contribution in [2.24, 2.45) is 11.8 Å². The van der Waals surface area contributed by atoms with Crippen LogP contribution >= 0.6 is 33.6 Å². The molecule has 0 spiro atoms. The highest BCUT2D eigenvalue weighted by atomic mass is 32.5. The van der Waals surface area contributed by atoms with Gasteiger partial charge in [-0.25, -0.2) is 19.4 Å². The van der Waals surface area contributed by atoms with E-state index in [0.717, 1.165) is 14.0 Å². The van der Waals surface area contributed by atoms with E-state index in [-0.39, 0.29) is 89.1 Å². The number of nitrogen functional groups attached to an aromatic ring is 3. The van der Waals surface area contributed by atoms with Gasteiger partial charge in [-0.15, -0.1) is 0 Å². The van der Waals surface area contributed by atoms with Crippen LogP contribution in [0.1, 0.15) is 101 Å². The van der Waals surface area contributed by atoms with E-state index in [4.69, 9.17) is 145 Å². The zero-order valence-electron chi connectivity index (χ0n) is 58.6. The molecule has 5 saturated heterocycles. The lowest BCUT2D eigenvalue weighted by Crippen LogP contribution is -2.39. The van der Waals surface area contributed by atoms with Gasteiger partial charge in [-0.1, -0.05) is 13.8 Å². The summed E-state index contributed by atoms with van der Waals surface area (Å²) in [5, 5.41) is 0. The van der Waals surface area contributed by atoms with Crippen LogP contribution in [0.2, 0.25) is 0 Å². The van der Waals surface area contributed by atoms with Crippen LogP contribution < -0.4 is 61.4 Å². The second-order valence-electron chi connectivity index (χ2n) is 26.8. The van der Waals surface area contributed by atoms with Crippen molar-refractivity contribution in [1.82, 2.24) is 58.1 Å². The summed E-state index contributed by atoms with van der Waals surface area (Å²) in [5.74, 6) is -1.74. The van der Waals surface area contributed by atoms with Crippen molar-refractivity contribution in [1.29, 1.82) is 0 Å². The largest absolute Gasteiger partial charge is 0.383 e. The topological polar surface area (TPSA) is 592 Å². The molecule has 0 aliphatic carbocycles. The third kappa shape index (κ3) is 19.8. The first-order chi connectivity index (χ1) is 51.6. The molecule has 12 rings (SSSR count). The summed E-state index contributed by atoms with van der Waals surface area (Å²) in [6.07, 6.45) is -14.4. The minimum atomic E-state index is -4.70. The number of nitrogens with one attached hydrogen (secondary N) is 4. The lowest BCUT2D eigenvalue weighted by Gasteiger charge is -2.28. The molecular weight excluding hydrogens is 1660 g/mol. The first-order valence-corrected chi connectivity index (χ1v) is 46.5. The molecule has 44 nitrogen and oxygen atoms in total. The number of imidazole rings is 1. The van der Waals surface area contributed by atoms with Crippen LogP contribution in [0.5, 0.6) is 0 Å². The molecule has 20 atom stereocenters. The molecule has 54 heteroatoms. The van der Waals surface area contributed by atoms with Crippen LogP contribution in [0, 0.1) is 25.7 Å². The molecule has 110 heavy (non-hydrogen) atoms. The van der Waals surface area contributed by atoms with Gasteiger partial charge in [0, 0.05) is 55.4 Å². The van der Waals surface area contributed by atoms with E-state index < -0.39 is 210 Å². The second-order valence-corrected chi connectivity index (χ2v) is 40.7. The standard InChI is InChI=1S/C56H77N16O28P5S5/c1-23(2)27-10-40(68-8-7-38(57)61-54(68)78)91-33(27)17-86-102(82,107)97-29-11-41(69-15-25(5)48(74)66-55(69)79)92-34(29)20-89-105(85,110)100-32-14-44(72-39(73)9-28-46(72)62-52(58)64-50(28)76)95-37(32)21-90-104(84,109)98-30-12-42(70-16-26(6)49(75)67-56(70)80)93-35(30)19-88-103(83,108)99-31-13-43(94-36(31)18-87-101(81,106)96-24(3)4)71-22-60-45-47(71)63-53(59)65-51(45)77/h7-8,15-16,22-24,27,29-37,40-44H,9-14,17-21H2,1-6H3,(H,81,106)(H,82,107)(H,83,108)(H,84,109)(H,85,110)(H2,57,61,78)(H,66,74,79)(H,67,75,80)(H3,58,62,64,76)(H3,59,63,65,77)/t27-,29+,30+,31+,32+,33+,34+,35+,36+,37+,40+,41+,42+,43+,44+,101?,102?,103?,104?,105?/m0/s1. The van der Waals surface area contributed by atoms with Crippen LogP contribution in [0.15, 0.2) is 64.5 Å². The second kappa shape index (κ2) is 33.6. The summed E-state index contributed by atoms with van der Waals surface area (Å²) >= 11 is 27.5. The van der Waals surface area contributed by atoms with Gasteiger partial charge >= 0.3 is 50.7 Å². The summed E-state index contributed by atoms with van der Waals surface area (Å²) in [7, 11) is 0. The summed E-state index contributed by atoms with van der Waals surface area (Å²) in [6.45, 7) is -15.3. The number of H-pyrrole nitrogens is 4. The fourth-order valence-corrected chi connectivity index (χ4v) is 20.7. The van der Waals surface area contributed by atoms with Crippen molar-refractivity contribution in [2.75, 3.05) is 55.1 Å². The monoisotopic (exact) mass is 1740 g/mol. The molecule has 604 valence electrons. The van der Waals surface area contributed by atoms with E-state index in [0.29, 0.717) is 6.42 Å². The third-order valence-electron chi connectivity index (χ3n) is 18.2. The van der Waals surface area contributed by atoms with Gasteiger partial charge in [0.1, 0.15) is 61.4 Å². The summed E-state index contributed by atoms with van der Waals surface area (Å²) in [6, 6.07) is 1.44. The number of nitrogens with zero attached hydrogens (tertiary/aromatic N) is 9. The van der Waals surface area contributed by atoms with Crippen LogP contribution in [0.25, 0.3) is 11.2 Å². The molecule has 0 saturated carbocycles. The molecule has 5 unspecified atom stereocenters. The molecular formula is C56H77N16O28P5S5. The molecule has 0 radical (unpaired) electrons. The van der Waals surface area contributed by atoms with Crippen LogP contribution in [-0.2, 0) is 139 Å². The molecule has 12 heterocycles. The maximum atomic E-state index is 13.9. The Labute approximate surface area is 645 Å². The Bertz CT molecular complexity index is 5200. The summed E-state index contributed by atoms with van der Waals surface area (Å²) in [5.41, 5.74) is 12.3. The maximum Gasteiger partial charge on any atom is 0.351 e. The number of amides is 1. The lowest BCUT2D eigenvalue weighted by molar-refractivity contribution is -0.120. The normalized spacial score (nSPS) is 29.1. The molecule has 6 aliphatic rings. The zero-order chi connectivity index (χ0) is 79.6. The van der Waals surface area contributed by atoms with Gasteiger partial charge in [-0.05, 0) is 111 Å². The number of carbonyl (C=O) groups excluding carboxylic acids is 1. The highest BCUT2D eigenvalue weighted by Gasteiger charge is 2.51. The smallest absolute Gasteiger partial charge is 0.351 e. The number of anilines is 4. The number of aromatic nitrogens is 12. The Kier molecular flexibility index (Phi) is 25.7. The van der Waals surface area contributed by atoms with Gasteiger partial charge < -0.3 is 111 Å². The predicted molar refractivity (Wildman–Crippen MR) is 402 cm³/mol. The Hall–Kier alpha value is -5.21. The van der Waals surface area contributed by atoms with Gasteiger partial charge in [0.15, 0.2) is 17.0 Å². The van der Waals surface area contributed by atoms with Crippen molar-refractivity contribution in [2.45, 2.75) is 172 Å². The minimum Gasteiger partial charge on any atom is -0.383 e. The highest BCUT2D eigenvalue weighted by molar-refractivity contribution is 8.08. The van der Waals surface area contributed by atoms with E-state index in [1.807, 2.05) is 13.8 Å². The average molecular weight is 1740 g/mol. The zero-order valence-corrected chi connectivity index (χ0v) is 67.2. The molecule has 0 aromatic carbocycles. The molecule has 6 aromatic rings. The Morgan fingerprint density at radius 1 is 0.518 bits per heavy atom. The number of hydrogen-bond donors (Lipinski definition) is 12. The van der Waals surface area contributed by atoms with Crippen molar-refractivity contribution >= 4 is 133 Å². The van der Waals surface area contributed by atoms with Crippen molar-refractivity contribution in [3.05, 3.63) is 121 Å². The van der Waals surface area contributed by atoms with E-state index in [1.54, 1.807) is 13.8 Å². The average Bonchev–Trinajstić information content (AvgIpc) is 1.63. The van der Waals surface area contributed by atoms with Crippen LogP contribution in [0.3, 0.4) is 0 Å². The van der Waals surface area contributed by atoms with Crippen molar-refractivity contribution < 1.29 is 98.2 Å². The van der Waals surface area contributed by atoms with E-state index in [2.05, 4.69) is 39.9 Å². The Balaban J connectivity index is 0.761. The van der Waals surface area contributed by atoms with Gasteiger partial charge in [-0.3, -0.25) is 67.1 Å². The number of fused-ring (bicyclic) bond motifs is 2. The molecule has 0 bridgehead atoms. The number of rotatable bonds is 31. The van der Waals surface area contributed by atoms with Gasteiger partial charge in [0.05, 0.1) is 88.0 Å². The highest BCUT2D eigenvalue weighted by Crippen LogP contribution is 2.56. The minimum absolute atomic E-state index is 0.00818. The number of ether oxygens (including phenoxy) is 5. The van der Waals surface area contributed by atoms with Gasteiger partial charge in [0.25, 0.3) is 22.2 Å². The number of aromatic amines is 4. The SMILES string of the molecule is Cc1cn([C@H]2C[C@@H](OP(O)(=S)OC[C@H]3O[C@@H](n4ccc(N)nc4=O)C[C@H]3C(C)C)[C@@H](COP(O)(=S)O[C@@H]3C[C@H](N4C(=O)Cc5c4nc(N)[nH]c5=O)O[C@@H]3COP(O)(=S)O[C@@H]3C[C@H](n4cc(C)c(=O)[nH]c4=O)O[C@@H]3COP(O)(=S)O[C@@H]3C[C@H](n4cnc5c(=O)[nH]c(N)nc54)O[C@@H]3COP(O)(=S)OC(C)C)O2)c(=O)[nH]c1=O. The predicted octanol–water partition coefficient (Wildman–Crippen LogP) is 0.183. The number of hydrogen-bond acceptors (Lipinski definition) is 35. The first kappa shape index (κ1) is 84.2. The number of nitrogens with two attached hydrogens (primary N) is 3. The van der Waals surface area contributed by atoms with E-state index in [1.165, 1.54) is 54.0 Å². The van der Waals surface area contributed by atoms with Gasteiger partial charge in [-0.2, -0.15) is 15.0 Å². The quantitative estimate of drug-likeness (QED) is 0.0258. The lowest BCUT2D eigenvalue weighted by atomic mass is 9.89. The van der Waals surface area contributed by atoms with Gasteiger partial charge in [0.2, 0.25) is 17.8 Å². The van der Waals surface area contributed by atoms with Crippen LogP contribution in [0.4, 0.5) is 23.5 Å². The molecule has 5 fully saturated rings. The number of carbonyl (C=O) groups is 1. The molecule has 6 aliphatic heterocycles. The maximum absolute atomic E-state index is 13.9. The first-order valence-electron chi connectivity index (χ1n) is 33.5. The van der Waals surface area contributed by atoms with E-state index >= 15 is 0 Å². The fraction of sp³-hybridized carbons (Fsp3) is 0.607. The summed E-state index contributed by atoms with van der Waals surface area (Å²) in [4.78, 5) is 189. The van der Waals surface area contributed by atoms with Crippen molar-refractivity contribution in [3.63, 3.8) is 0 Å².